The molecule has 0 fully saturated rings. The minimum atomic E-state index is -1.10. The van der Waals surface area contributed by atoms with Crippen LogP contribution in [0.15, 0.2) is 67.0 Å². The summed E-state index contributed by atoms with van der Waals surface area (Å²) >= 11 is 0. The lowest BCUT2D eigenvalue weighted by atomic mass is 10.1. The molecule has 0 spiro atoms. The number of carbonyl (C=O) groups is 3. The number of esters is 1. The number of amides is 2. The van der Waals surface area contributed by atoms with Crippen LogP contribution in [0.3, 0.4) is 0 Å². The largest absolute Gasteiger partial charge is 0.449 e. The maximum absolute atomic E-state index is 12.6. The fourth-order valence-corrected chi connectivity index (χ4v) is 3.10. The van der Waals surface area contributed by atoms with Crippen molar-refractivity contribution in [1.82, 2.24) is 15.0 Å². The highest BCUT2D eigenvalue weighted by atomic mass is 16.5. The maximum Gasteiger partial charge on any atom is 0.338 e. The van der Waals surface area contributed by atoms with E-state index in [9.17, 15) is 14.4 Å². The molecule has 160 valence electrons. The van der Waals surface area contributed by atoms with Crippen LogP contribution in [0.2, 0.25) is 0 Å². The van der Waals surface area contributed by atoms with Crippen molar-refractivity contribution in [2.75, 3.05) is 5.32 Å². The lowest BCUT2D eigenvalue weighted by Crippen LogP contribution is -2.30. The third-order valence-electron chi connectivity index (χ3n) is 4.76. The number of H-pyrrole nitrogens is 1. The first-order chi connectivity index (χ1) is 15.4. The predicted octanol–water partition coefficient (Wildman–Crippen LogP) is 2.91. The summed E-state index contributed by atoms with van der Waals surface area (Å²) < 4.78 is 5.30. The Morgan fingerprint density at radius 2 is 1.91 bits per heavy atom. The van der Waals surface area contributed by atoms with Gasteiger partial charge in [0.25, 0.3) is 11.8 Å². The summed E-state index contributed by atoms with van der Waals surface area (Å²) in [5, 5.41) is 2.56. The van der Waals surface area contributed by atoms with E-state index in [-0.39, 0.29) is 16.8 Å². The van der Waals surface area contributed by atoms with E-state index in [1.165, 1.54) is 13.0 Å². The molecule has 2 aromatic heterocycles. The van der Waals surface area contributed by atoms with Crippen molar-refractivity contribution >= 4 is 34.5 Å². The van der Waals surface area contributed by atoms with Gasteiger partial charge in [0.1, 0.15) is 5.82 Å². The number of benzene rings is 2. The molecule has 9 heteroatoms. The molecule has 0 saturated carbocycles. The summed E-state index contributed by atoms with van der Waals surface area (Å²) in [5.74, 6) is -1.31. The van der Waals surface area contributed by atoms with Crippen LogP contribution < -0.4 is 11.1 Å². The first-order valence-electron chi connectivity index (χ1n) is 9.73. The molecular formula is C23H19N5O4. The number of anilines is 1. The number of aromatic nitrogens is 3. The van der Waals surface area contributed by atoms with Crippen molar-refractivity contribution in [3.05, 3.63) is 78.1 Å². The van der Waals surface area contributed by atoms with E-state index >= 15 is 0 Å². The number of nitrogens with two attached hydrogens (primary N) is 1. The Labute approximate surface area is 182 Å². The number of rotatable bonds is 6. The number of hydrogen-bond donors (Lipinski definition) is 3. The molecule has 1 unspecified atom stereocenters. The summed E-state index contributed by atoms with van der Waals surface area (Å²) in [6.45, 7) is 1.44. The Bertz CT molecular complexity index is 1320. The number of fused-ring (bicyclic) bond motifs is 1. The first kappa shape index (κ1) is 20.7. The topological polar surface area (TPSA) is 140 Å². The SMILES string of the molecule is CC(OC(=O)c1ccc2nc(-c3cccnc3)[nH]c2c1)C(=O)Nc1ccccc1C(N)=O. The highest BCUT2D eigenvalue weighted by Gasteiger charge is 2.21. The molecule has 2 heterocycles. The number of carbonyl (C=O) groups excluding carboxylic acids is 3. The number of nitrogens with zero attached hydrogens (tertiary/aromatic N) is 2. The molecule has 0 saturated heterocycles. The normalized spacial score (nSPS) is 11.7. The van der Waals surface area contributed by atoms with Crippen LogP contribution in [-0.2, 0) is 9.53 Å². The quantitative estimate of drug-likeness (QED) is 0.403. The summed E-state index contributed by atoms with van der Waals surface area (Å²) in [6.07, 6.45) is 2.25. The molecule has 0 aliphatic heterocycles. The molecule has 32 heavy (non-hydrogen) atoms. The molecule has 4 aromatic rings. The van der Waals surface area contributed by atoms with E-state index in [0.717, 1.165) is 5.56 Å². The van der Waals surface area contributed by atoms with E-state index in [2.05, 4.69) is 20.3 Å². The molecular weight excluding hydrogens is 410 g/mol. The number of ether oxygens (including phenoxy) is 1. The number of para-hydroxylation sites is 1. The van der Waals surface area contributed by atoms with Gasteiger partial charge in [0, 0.05) is 18.0 Å². The molecule has 0 aliphatic rings. The van der Waals surface area contributed by atoms with Gasteiger partial charge in [-0.2, -0.15) is 0 Å². The van der Waals surface area contributed by atoms with Crippen molar-refractivity contribution in [3.63, 3.8) is 0 Å². The third kappa shape index (κ3) is 4.31. The average molecular weight is 429 g/mol. The molecule has 1 atom stereocenters. The Morgan fingerprint density at radius 1 is 1.09 bits per heavy atom. The van der Waals surface area contributed by atoms with Crippen molar-refractivity contribution < 1.29 is 19.1 Å². The van der Waals surface area contributed by atoms with Gasteiger partial charge < -0.3 is 20.8 Å². The van der Waals surface area contributed by atoms with E-state index in [1.54, 1.807) is 54.9 Å². The zero-order chi connectivity index (χ0) is 22.7. The van der Waals surface area contributed by atoms with E-state index in [0.29, 0.717) is 16.9 Å². The number of aromatic amines is 1. The van der Waals surface area contributed by atoms with Gasteiger partial charge in [-0.05, 0) is 49.4 Å². The van der Waals surface area contributed by atoms with Gasteiger partial charge in [-0.1, -0.05) is 12.1 Å². The number of nitrogens with one attached hydrogen (secondary N) is 2. The minimum absolute atomic E-state index is 0.161. The molecule has 0 radical (unpaired) electrons. The highest BCUT2D eigenvalue weighted by molar-refractivity contribution is 6.04. The van der Waals surface area contributed by atoms with E-state index in [4.69, 9.17) is 10.5 Å². The van der Waals surface area contributed by atoms with Crippen molar-refractivity contribution in [1.29, 1.82) is 0 Å². The smallest absolute Gasteiger partial charge is 0.338 e. The van der Waals surface area contributed by atoms with Crippen LogP contribution in [0.1, 0.15) is 27.6 Å². The van der Waals surface area contributed by atoms with Crippen LogP contribution in [0.4, 0.5) is 5.69 Å². The van der Waals surface area contributed by atoms with Gasteiger partial charge in [-0.25, -0.2) is 9.78 Å². The van der Waals surface area contributed by atoms with Crippen molar-refractivity contribution in [2.45, 2.75) is 13.0 Å². The van der Waals surface area contributed by atoms with E-state index in [1.807, 2.05) is 6.07 Å². The maximum atomic E-state index is 12.6. The molecule has 4 rings (SSSR count). The Hall–Kier alpha value is -4.53. The van der Waals surface area contributed by atoms with Crippen molar-refractivity contribution in [3.8, 4) is 11.4 Å². The number of hydrogen-bond acceptors (Lipinski definition) is 6. The molecule has 2 amide bonds. The number of pyridine rings is 1. The Morgan fingerprint density at radius 3 is 2.66 bits per heavy atom. The van der Waals surface area contributed by atoms with Crippen LogP contribution in [0, 0.1) is 0 Å². The van der Waals surface area contributed by atoms with Crippen LogP contribution in [-0.4, -0.2) is 38.8 Å². The highest BCUT2D eigenvalue weighted by Crippen LogP contribution is 2.21. The van der Waals surface area contributed by atoms with E-state index < -0.39 is 23.9 Å². The molecule has 0 aliphatic carbocycles. The van der Waals surface area contributed by atoms with Crippen LogP contribution >= 0.6 is 0 Å². The zero-order valence-electron chi connectivity index (χ0n) is 17.0. The molecule has 9 nitrogen and oxygen atoms in total. The van der Waals surface area contributed by atoms with Gasteiger partial charge >= 0.3 is 5.97 Å². The number of primary amides is 1. The molecule has 2 aromatic carbocycles. The second-order valence-electron chi connectivity index (χ2n) is 7.01. The lowest BCUT2D eigenvalue weighted by Gasteiger charge is -2.15. The monoisotopic (exact) mass is 429 g/mol. The fourth-order valence-electron chi connectivity index (χ4n) is 3.10. The average Bonchev–Trinajstić information content (AvgIpc) is 3.23. The second-order valence-corrected chi connectivity index (χ2v) is 7.01. The summed E-state index contributed by atoms with van der Waals surface area (Å²) in [5.41, 5.74) is 8.12. The second kappa shape index (κ2) is 8.68. The van der Waals surface area contributed by atoms with Gasteiger partial charge in [-0.3, -0.25) is 14.6 Å². The summed E-state index contributed by atoms with van der Waals surface area (Å²) in [4.78, 5) is 48.3. The summed E-state index contributed by atoms with van der Waals surface area (Å²) in [6, 6.07) is 14.9. The standard InChI is InChI=1S/C23H19N5O4/c1-13(22(30)28-17-7-3-2-6-16(17)20(24)29)32-23(31)14-8-9-18-19(11-14)27-21(26-18)15-5-4-10-25-12-15/h2-13H,1H3,(H2,24,29)(H,26,27)(H,28,30). The van der Waals surface area contributed by atoms with Crippen LogP contribution in [0.25, 0.3) is 22.4 Å². The number of imidazole rings is 1. The fraction of sp³-hybridized carbons (Fsp3) is 0.0870. The Kier molecular flexibility index (Phi) is 5.63. The molecule has 4 N–H and O–H groups in total. The zero-order valence-corrected chi connectivity index (χ0v) is 17.0. The Balaban J connectivity index is 1.47. The van der Waals surface area contributed by atoms with Gasteiger partial charge in [-0.15, -0.1) is 0 Å². The van der Waals surface area contributed by atoms with Gasteiger partial charge in [0.2, 0.25) is 0 Å². The van der Waals surface area contributed by atoms with Gasteiger partial charge in [0.05, 0.1) is 27.8 Å². The lowest BCUT2D eigenvalue weighted by molar-refractivity contribution is -0.123. The molecule has 0 bridgehead atoms. The first-order valence-corrected chi connectivity index (χ1v) is 9.73. The van der Waals surface area contributed by atoms with Crippen LogP contribution in [0.5, 0.6) is 0 Å². The van der Waals surface area contributed by atoms with Gasteiger partial charge in [0.15, 0.2) is 6.10 Å². The van der Waals surface area contributed by atoms with Crippen molar-refractivity contribution in [2.24, 2.45) is 5.73 Å². The predicted molar refractivity (Wildman–Crippen MR) is 118 cm³/mol. The summed E-state index contributed by atoms with van der Waals surface area (Å²) in [7, 11) is 0. The third-order valence-corrected chi connectivity index (χ3v) is 4.76. The minimum Gasteiger partial charge on any atom is -0.449 e.